The molecule has 0 aliphatic heterocycles. The monoisotopic (exact) mass is 268 g/mol. The van der Waals surface area contributed by atoms with Crippen molar-refractivity contribution in [2.45, 2.75) is 23.1 Å². The van der Waals surface area contributed by atoms with Crippen molar-refractivity contribution >= 4 is 29.1 Å². The Kier molecular flexibility index (Phi) is 3.54. The molecule has 2 aromatic rings. The van der Waals surface area contributed by atoms with E-state index in [4.69, 9.17) is 0 Å². The van der Waals surface area contributed by atoms with Crippen LogP contribution in [0.4, 0.5) is 4.39 Å². The number of aromatic nitrogens is 2. The molecule has 0 radical (unpaired) electrons. The zero-order chi connectivity index (χ0) is 12.4. The molecule has 0 spiro atoms. The number of carbonyl (C=O) groups is 1. The second kappa shape index (κ2) is 4.93. The van der Waals surface area contributed by atoms with Crippen LogP contribution in [0, 0.1) is 12.7 Å². The minimum absolute atomic E-state index is 0.146. The lowest BCUT2D eigenvalue weighted by molar-refractivity contribution is 0.101. The molecule has 6 heteroatoms. The molecule has 0 bridgehead atoms. The summed E-state index contributed by atoms with van der Waals surface area (Å²) >= 11 is 2.45. The van der Waals surface area contributed by atoms with E-state index in [1.54, 1.807) is 19.1 Å². The Balaban J connectivity index is 2.25. The lowest BCUT2D eigenvalue weighted by Gasteiger charge is -2.01. The van der Waals surface area contributed by atoms with Gasteiger partial charge in [0.25, 0.3) is 0 Å². The molecule has 2 rings (SSSR count). The maximum atomic E-state index is 13.7. The van der Waals surface area contributed by atoms with E-state index in [1.165, 1.54) is 36.3 Å². The van der Waals surface area contributed by atoms with E-state index in [-0.39, 0.29) is 5.78 Å². The second-order valence-corrected chi connectivity index (χ2v) is 5.45. The number of hydrogen-bond donors (Lipinski definition) is 0. The van der Waals surface area contributed by atoms with Gasteiger partial charge in [0.15, 0.2) is 10.1 Å². The van der Waals surface area contributed by atoms with E-state index in [9.17, 15) is 9.18 Å². The Hall–Kier alpha value is -1.27. The molecule has 1 aromatic heterocycles. The van der Waals surface area contributed by atoms with Gasteiger partial charge in [-0.25, -0.2) is 9.37 Å². The summed E-state index contributed by atoms with van der Waals surface area (Å²) in [4.78, 5) is 15.7. The zero-order valence-electron chi connectivity index (χ0n) is 9.23. The molecule has 0 amide bonds. The first-order valence-corrected chi connectivity index (χ1v) is 6.44. The van der Waals surface area contributed by atoms with Crippen LogP contribution in [-0.2, 0) is 0 Å². The smallest absolute Gasteiger partial charge is 0.174 e. The van der Waals surface area contributed by atoms with Crippen molar-refractivity contribution in [1.82, 2.24) is 9.36 Å². The fourth-order valence-electron chi connectivity index (χ4n) is 1.22. The Bertz CT molecular complexity index is 568. The highest BCUT2D eigenvalue weighted by Gasteiger charge is 2.10. The summed E-state index contributed by atoms with van der Waals surface area (Å²) in [6.45, 7) is 3.20. The normalized spacial score (nSPS) is 10.5. The molecule has 0 fully saturated rings. The molecule has 88 valence electrons. The Labute approximate surface area is 106 Å². The van der Waals surface area contributed by atoms with Crippen molar-refractivity contribution in [3.05, 3.63) is 35.4 Å². The number of rotatable bonds is 3. The van der Waals surface area contributed by atoms with Gasteiger partial charge in [0.05, 0.1) is 4.90 Å². The van der Waals surface area contributed by atoms with Crippen molar-refractivity contribution in [3.63, 3.8) is 0 Å². The first kappa shape index (κ1) is 12.2. The van der Waals surface area contributed by atoms with Crippen molar-refractivity contribution in [3.8, 4) is 0 Å². The van der Waals surface area contributed by atoms with Gasteiger partial charge < -0.3 is 0 Å². The van der Waals surface area contributed by atoms with Crippen LogP contribution in [0.3, 0.4) is 0 Å². The lowest BCUT2D eigenvalue weighted by Crippen LogP contribution is -1.93. The highest BCUT2D eigenvalue weighted by Crippen LogP contribution is 2.31. The molecule has 0 atom stereocenters. The summed E-state index contributed by atoms with van der Waals surface area (Å²) in [5.41, 5.74) is 0.375. The minimum atomic E-state index is -0.407. The van der Waals surface area contributed by atoms with E-state index < -0.39 is 5.82 Å². The Morgan fingerprint density at radius 3 is 2.76 bits per heavy atom. The van der Waals surface area contributed by atoms with Crippen molar-refractivity contribution < 1.29 is 9.18 Å². The molecule has 0 aliphatic rings. The van der Waals surface area contributed by atoms with Crippen LogP contribution in [-0.4, -0.2) is 15.1 Å². The second-order valence-electron chi connectivity index (χ2n) is 3.41. The molecule has 1 heterocycles. The fraction of sp³-hybridized carbons (Fsp3) is 0.182. The SMILES string of the molecule is CC(=O)c1ccc(Sc2nc(C)ns2)c(F)c1. The average molecular weight is 268 g/mol. The number of ketones is 1. The van der Waals surface area contributed by atoms with Crippen LogP contribution >= 0.6 is 23.3 Å². The molecule has 1 aromatic carbocycles. The van der Waals surface area contributed by atoms with Crippen LogP contribution in [0.2, 0.25) is 0 Å². The van der Waals surface area contributed by atoms with Crippen LogP contribution in [0.25, 0.3) is 0 Å². The molecular weight excluding hydrogens is 259 g/mol. The molecule has 17 heavy (non-hydrogen) atoms. The summed E-state index contributed by atoms with van der Waals surface area (Å²) in [5, 5.41) is 0. The van der Waals surface area contributed by atoms with E-state index >= 15 is 0 Å². The van der Waals surface area contributed by atoms with Gasteiger partial charge in [0.1, 0.15) is 11.6 Å². The summed E-state index contributed by atoms with van der Waals surface area (Å²) in [7, 11) is 0. The number of aryl methyl sites for hydroxylation is 1. The summed E-state index contributed by atoms with van der Waals surface area (Å²) < 4.78 is 18.4. The van der Waals surface area contributed by atoms with Gasteiger partial charge in [0, 0.05) is 5.56 Å². The van der Waals surface area contributed by atoms with Gasteiger partial charge in [-0.15, -0.1) is 0 Å². The predicted molar refractivity (Wildman–Crippen MR) is 65.2 cm³/mol. The summed E-state index contributed by atoms with van der Waals surface area (Å²) in [6.07, 6.45) is 0. The average Bonchev–Trinajstić information content (AvgIpc) is 2.67. The number of carbonyl (C=O) groups excluding carboxylic acids is 1. The number of halogens is 1. The Morgan fingerprint density at radius 1 is 1.47 bits per heavy atom. The lowest BCUT2D eigenvalue weighted by atomic mass is 10.1. The van der Waals surface area contributed by atoms with Crippen LogP contribution in [0.5, 0.6) is 0 Å². The highest BCUT2D eigenvalue weighted by molar-refractivity contribution is 8.01. The zero-order valence-corrected chi connectivity index (χ0v) is 10.9. The topological polar surface area (TPSA) is 42.9 Å². The molecule has 0 saturated heterocycles. The first-order chi connectivity index (χ1) is 8.06. The van der Waals surface area contributed by atoms with Gasteiger partial charge in [-0.3, -0.25) is 4.79 Å². The van der Waals surface area contributed by atoms with Crippen LogP contribution in [0.1, 0.15) is 23.1 Å². The third-order valence-corrected chi connectivity index (χ3v) is 3.94. The maximum Gasteiger partial charge on any atom is 0.174 e. The number of hydrogen-bond acceptors (Lipinski definition) is 5. The first-order valence-electron chi connectivity index (χ1n) is 4.85. The molecule has 0 aliphatic carbocycles. The minimum Gasteiger partial charge on any atom is -0.295 e. The van der Waals surface area contributed by atoms with Gasteiger partial charge in [-0.05, 0) is 37.5 Å². The summed E-state index contributed by atoms with van der Waals surface area (Å²) in [5.74, 6) is 0.126. The van der Waals surface area contributed by atoms with Crippen LogP contribution < -0.4 is 0 Å². The molecular formula is C11H9FN2OS2. The third-order valence-electron chi connectivity index (χ3n) is 2.04. The molecule has 0 unspecified atom stereocenters. The van der Waals surface area contributed by atoms with E-state index in [0.717, 1.165) is 0 Å². The third kappa shape index (κ3) is 2.89. The van der Waals surface area contributed by atoms with Crippen molar-refractivity contribution in [2.24, 2.45) is 0 Å². The predicted octanol–water partition coefficient (Wildman–Crippen LogP) is 3.34. The fourth-order valence-corrected chi connectivity index (χ4v) is 2.83. The molecule has 0 saturated carbocycles. The number of Topliss-reactive ketones (excluding diaryl/α,β-unsaturated/α-hetero) is 1. The van der Waals surface area contributed by atoms with E-state index in [0.29, 0.717) is 20.6 Å². The standard InChI is InChI=1S/C11H9FN2OS2/c1-6(15)8-3-4-10(9(12)5-8)16-11-13-7(2)14-17-11/h3-5H,1-2H3. The Morgan fingerprint density at radius 2 is 2.24 bits per heavy atom. The summed E-state index contributed by atoms with van der Waals surface area (Å²) in [6, 6.07) is 4.45. The van der Waals surface area contributed by atoms with Gasteiger partial charge in [-0.2, -0.15) is 4.37 Å². The van der Waals surface area contributed by atoms with Gasteiger partial charge in [0.2, 0.25) is 0 Å². The quantitative estimate of drug-likeness (QED) is 0.801. The van der Waals surface area contributed by atoms with Gasteiger partial charge in [-0.1, -0.05) is 17.8 Å². The number of benzene rings is 1. The van der Waals surface area contributed by atoms with Crippen molar-refractivity contribution in [1.29, 1.82) is 0 Å². The van der Waals surface area contributed by atoms with E-state index in [2.05, 4.69) is 9.36 Å². The molecule has 0 N–H and O–H groups in total. The highest BCUT2D eigenvalue weighted by atomic mass is 32.2. The van der Waals surface area contributed by atoms with Crippen LogP contribution in [0.15, 0.2) is 27.4 Å². The van der Waals surface area contributed by atoms with E-state index in [1.807, 2.05) is 0 Å². The van der Waals surface area contributed by atoms with Gasteiger partial charge >= 0.3 is 0 Å². The molecule has 3 nitrogen and oxygen atoms in total. The van der Waals surface area contributed by atoms with Crippen molar-refractivity contribution in [2.75, 3.05) is 0 Å². The number of nitrogens with zero attached hydrogens (tertiary/aromatic N) is 2. The maximum absolute atomic E-state index is 13.7. The largest absolute Gasteiger partial charge is 0.295 e.